The first kappa shape index (κ1) is 33.4. The number of aryl methyl sites for hydroxylation is 3. The van der Waals surface area contributed by atoms with Crippen molar-refractivity contribution in [3.05, 3.63) is 175 Å². The van der Waals surface area contributed by atoms with Crippen molar-refractivity contribution in [2.75, 3.05) is 0 Å². The topological polar surface area (TPSA) is 51.8 Å². The smallest absolute Gasteiger partial charge is 0.136 e. The van der Waals surface area contributed by atoms with E-state index in [0.717, 1.165) is 61.5 Å². The number of furan rings is 1. The minimum Gasteiger partial charge on any atom is -0.456 e. The van der Waals surface area contributed by atoms with Crippen LogP contribution in [0.15, 0.2) is 151 Å². The maximum absolute atomic E-state index is 6.15. The van der Waals surface area contributed by atoms with Gasteiger partial charge in [0.1, 0.15) is 11.3 Å². The molecule has 4 aromatic heterocycles. The molecule has 0 aliphatic rings. The summed E-state index contributed by atoms with van der Waals surface area (Å²) < 4.78 is 6.15. The van der Waals surface area contributed by atoms with Gasteiger partial charge >= 0.3 is 0 Å². The number of pyridine rings is 3. The molecule has 0 aliphatic carbocycles. The predicted octanol–water partition coefficient (Wildman–Crippen LogP) is 11.2. The van der Waals surface area contributed by atoms with Crippen LogP contribution in [0.25, 0.3) is 67.1 Å². The predicted molar refractivity (Wildman–Crippen MR) is 195 cm³/mol. The third-order valence-electron chi connectivity index (χ3n) is 8.18. The Hall–Kier alpha value is -5.48. The molecule has 8 rings (SSSR count). The van der Waals surface area contributed by atoms with Crippen LogP contribution < -0.4 is 0 Å². The number of aromatic nitrogens is 3. The van der Waals surface area contributed by atoms with Gasteiger partial charge in [-0.05, 0) is 73.3 Å². The molecular formula is C44H33IrN3O-2. The molecule has 0 N–H and O–H groups in total. The zero-order valence-corrected chi connectivity index (χ0v) is 29.8. The molecule has 49 heavy (non-hydrogen) atoms. The third kappa shape index (κ3) is 7.65. The van der Waals surface area contributed by atoms with Gasteiger partial charge in [0.15, 0.2) is 0 Å². The molecule has 0 atom stereocenters. The van der Waals surface area contributed by atoms with Gasteiger partial charge in [0.25, 0.3) is 0 Å². The van der Waals surface area contributed by atoms with E-state index in [1.807, 2.05) is 73.1 Å². The molecule has 4 aromatic carbocycles. The van der Waals surface area contributed by atoms with Gasteiger partial charge in [-0.2, -0.15) is 0 Å². The Morgan fingerprint density at radius 2 is 1.43 bits per heavy atom. The molecule has 0 saturated heterocycles. The molecule has 0 unspecified atom stereocenters. The van der Waals surface area contributed by atoms with Gasteiger partial charge < -0.3 is 14.4 Å². The summed E-state index contributed by atoms with van der Waals surface area (Å²) in [6, 6.07) is 47.9. The fourth-order valence-corrected chi connectivity index (χ4v) is 5.88. The molecule has 5 heteroatoms. The summed E-state index contributed by atoms with van der Waals surface area (Å²) in [5.41, 5.74) is 13.9. The SMILES string of the molecule is Cc1cccc(-c2c(C)[c-]c(-c3cc(C)ccn3)cc2-c2ccc3oc(-c4cccnc4)cc3c2)c1.[Ir].[c-]1ccccc1-c1ccccn1. The fraction of sp³-hybridized carbons (Fsp3) is 0.0682. The first-order valence-corrected chi connectivity index (χ1v) is 15.9. The van der Waals surface area contributed by atoms with Gasteiger partial charge in [-0.15, -0.1) is 59.2 Å². The monoisotopic (exact) mass is 812 g/mol. The van der Waals surface area contributed by atoms with E-state index in [1.165, 1.54) is 22.3 Å². The molecule has 1 radical (unpaired) electrons. The number of hydrogen-bond donors (Lipinski definition) is 0. The zero-order valence-electron chi connectivity index (χ0n) is 27.4. The molecular weight excluding hydrogens is 779 g/mol. The Bertz CT molecular complexity index is 2280. The molecule has 0 spiro atoms. The molecule has 8 aromatic rings. The number of fused-ring (bicyclic) bond motifs is 1. The summed E-state index contributed by atoms with van der Waals surface area (Å²) >= 11 is 0. The average molecular weight is 812 g/mol. The number of benzene rings is 4. The normalized spacial score (nSPS) is 10.6. The van der Waals surface area contributed by atoms with Crippen LogP contribution in [-0.4, -0.2) is 15.0 Å². The quantitative estimate of drug-likeness (QED) is 0.163. The van der Waals surface area contributed by atoms with Crippen LogP contribution in [-0.2, 0) is 20.1 Å². The van der Waals surface area contributed by atoms with Crippen molar-refractivity contribution >= 4 is 11.0 Å². The fourth-order valence-electron chi connectivity index (χ4n) is 5.88. The Morgan fingerprint density at radius 3 is 2.18 bits per heavy atom. The summed E-state index contributed by atoms with van der Waals surface area (Å²) in [6.45, 7) is 6.36. The molecule has 4 nitrogen and oxygen atoms in total. The van der Waals surface area contributed by atoms with Crippen LogP contribution in [0.1, 0.15) is 16.7 Å². The second-order valence-corrected chi connectivity index (χ2v) is 11.8. The molecule has 0 saturated carbocycles. The number of nitrogens with zero attached hydrogens (tertiary/aromatic N) is 3. The molecule has 241 valence electrons. The molecule has 0 bridgehead atoms. The largest absolute Gasteiger partial charge is 0.456 e. The van der Waals surface area contributed by atoms with Crippen molar-refractivity contribution in [1.82, 2.24) is 15.0 Å². The van der Waals surface area contributed by atoms with E-state index in [9.17, 15) is 0 Å². The second kappa shape index (κ2) is 15.2. The Labute approximate surface area is 300 Å². The molecule has 4 heterocycles. The van der Waals surface area contributed by atoms with Gasteiger partial charge in [0, 0.05) is 55.8 Å². The summed E-state index contributed by atoms with van der Waals surface area (Å²) in [5.74, 6) is 0.816. The van der Waals surface area contributed by atoms with E-state index in [2.05, 4.69) is 109 Å². The van der Waals surface area contributed by atoms with Crippen LogP contribution in [0.5, 0.6) is 0 Å². The maximum atomic E-state index is 6.15. The summed E-state index contributed by atoms with van der Waals surface area (Å²) in [7, 11) is 0. The average Bonchev–Trinajstić information content (AvgIpc) is 3.57. The van der Waals surface area contributed by atoms with Crippen molar-refractivity contribution < 1.29 is 24.5 Å². The first-order valence-electron chi connectivity index (χ1n) is 15.9. The van der Waals surface area contributed by atoms with E-state index in [1.54, 1.807) is 12.4 Å². The van der Waals surface area contributed by atoms with Crippen LogP contribution in [0.2, 0.25) is 0 Å². The Morgan fingerprint density at radius 1 is 0.592 bits per heavy atom. The van der Waals surface area contributed by atoms with Crippen LogP contribution in [0, 0.1) is 32.9 Å². The zero-order chi connectivity index (χ0) is 32.9. The van der Waals surface area contributed by atoms with Crippen LogP contribution in [0.3, 0.4) is 0 Å². The van der Waals surface area contributed by atoms with Gasteiger partial charge in [-0.25, -0.2) is 0 Å². The molecule has 0 fully saturated rings. The maximum Gasteiger partial charge on any atom is 0.136 e. The third-order valence-corrected chi connectivity index (χ3v) is 8.18. The summed E-state index contributed by atoms with van der Waals surface area (Å²) in [4.78, 5) is 13.1. The van der Waals surface area contributed by atoms with Crippen molar-refractivity contribution in [2.24, 2.45) is 0 Å². The first-order chi connectivity index (χ1) is 23.5. The molecule has 0 aliphatic heterocycles. The van der Waals surface area contributed by atoms with E-state index in [4.69, 9.17) is 4.42 Å². The van der Waals surface area contributed by atoms with E-state index in [0.29, 0.717) is 0 Å². The minimum atomic E-state index is 0. The standard InChI is InChI=1S/C33H25N2O.C11H8N.Ir/c1-21-6-4-7-25(14-21)33-23(3)16-27(30-15-22(2)11-13-35-30)18-29(33)24-9-10-31-28(17-24)19-32(36-31)26-8-5-12-34-20-26;1-2-6-10(7-3-1)11-8-4-5-9-12-11;/h4-15,17-20H,1-3H3;1-6,8-9H;/q2*-1;. The Balaban J connectivity index is 0.000000270. The van der Waals surface area contributed by atoms with E-state index < -0.39 is 0 Å². The van der Waals surface area contributed by atoms with Crippen LogP contribution >= 0.6 is 0 Å². The van der Waals surface area contributed by atoms with Crippen molar-refractivity contribution in [3.8, 4) is 56.1 Å². The minimum absolute atomic E-state index is 0. The van der Waals surface area contributed by atoms with Gasteiger partial charge in [-0.1, -0.05) is 83.3 Å². The summed E-state index contributed by atoms with van der Waals surface area (Å²) in [5, 5.41) is 1.06. The summed E-state index contributed by atoms with van der Waals surface area (Å²) in [6.07, 6.45) is 7.24. The van der Waals surface area contributed by atoms with Crippen molar-refractivity contribution in [1.29, 1.82) is 0 Å². The molecule has 0 amide bonds. The number of hydrogen-bond acceptors (Lipinski definition) is 4. The van der Waals surface area contributed by atoms with Gasteiger partial charge in [0.05, 0.1) is 0 Å². The Kier molecular flexibility index (Phi) is 10.3. The van der Waals surface area contributed by atoms with Gasteiger partial charge in [-0.3, -0.25) is 4.98 Å². The van der Waals surface area contributed by atoms with Crippen molar-refractivity contribution in [2.45, 2.75) is 20.8 Å². The second-order valence-electron chi connectivity index (χ2n) is 11.8. The van der Waals surface area contributed by atoms with E-state index >= 15 is 0 Å². The van der Waals surface area contributed by atoms with Crippen LogP contribution in [0.4, 0.5) is 0 Å². The van der Waals surface area contributed by atoms with Gasteiger partial charge in [0.2, 0.25) is 0 Å². The van der Waals surface area contributed by atoms with Crippen molar-refractivity contribution in [3.63, 3.8) is 0 Å². The van der Waals surface area contributed by atoms with E-state index in [-0.39, 0.29) is 20.1 Å². The number of rotatable bonds is 5.